The van der Waals surface area contributed by atoms with Crippen molar-refractivity contribution in [1.29, 1.82) is 0 Å². The van der Waals surface area contributed by atoms with Gasteiger partial charge in [-0.2, -0.15) is 0 Å². The number of carbonyl (C=O) groups excluding carboxylic acids is 2. The molecule has 0 bridgehead atoms. The highest BCUT2D eigenvalue weighted by Crippen LogP contribution is 2.06. The number of nitrogens with two attached hydrogens (primary N) is 1. The highest BCUT2D eigenvalue weighted by atomic mass is 16.2. The Labute approximate surface area is 107 Å². The van der Waals surface area contributed by atoms with Gasteiger partial charge in [0.15, 0.2) is 0 Å². The third-order valence-electron chi connectivity index (χ3n) is 2.54. The molecule has 5 heteroatoms. The molecule has 2 N–H and O–H groups in total. The number of aromatic nitrogens is 1. The van der Waals surface area contributed by atoms with Gasteiger partial charge in [0.05, 0.1) is 0 Å². The molecule has 18 heavy (non-hydrogen) atoms. The molecule has 1 aromatic heterocycles. The molecule has 0 aromatic carbocycles. The Morgan fingerprint density at radius 1 is 1.28 bits per heavy atom. The largest absolute Gasteiger partial charge is 0.366 e. The van der Waals surface area contributed by atoms with E-state index in [2.05, 4.69) is 4.98 Å². The van der Waals surface area contributed by atoms with Gasteiger partial charge in [-0.15, -0.1) is 0 Å². The van der Waals surface area contributed by atoms with Gasteiger partial charge in [-0.25, -0.2) is 0 Å². The smallest absolute Gasteiger partial charge is 0.272 e. The maximum absolute atomic E-state index is 12.2. The fourth-order valence-electron chi connectivity index (χ4n) is 1.72. The zero-order valence-electron chi connectivity index (χ0n) is 10.8. The fraction of sp³-hybridized carbons (Fsp3) is 0.462. The van der Waals surface area contributed by atoms with Gasteiger partial charge in [-0.05, 0) is 25.0 Å². The van der Waals surface area contributed by atoms with E-state index in [0.717, 1.165) is 12.8 Å². The highest BCUT2D eigenvalue weighted by Gasteiger charge is 2.16. The lowest BCUT2D eigenvalue weighted by molar-refractivity contribution is 0.0749. The second kappa shape index (κ2) is 6.74. The Morgan fingerprint density at radius 2 is 1.89 bits per heavy atom. The van der Waals surface area contributed by atoms with Crippen molar-refractivity contribution in [3.63, 3.8) is 0 Å². The van der Waals surface area contributed by atoms with Gasteiger partial charge in [0, 0.05) is 24.8 Å². The van der Waals surface area contributed by atoms with E-state index in [9.17, 15) is 9.59 Å². The third-order valence-corrected chi connectivity index (χ3v) is 2.54. The van der Waals surface area contributed by atoms with E-state index < -0.39 is 5.91 Å². The predicted molar refractivity (Wildman–Crippen MR) is 69.2 cm³/mol. The van der Waals surface area contributed by atoms with Crippen LogP contribution in [0, 0.1) is 0 Å². The summed E-state index contributed by atoms with van der Waals surface area (Å²) in [5, 5.41) is 0. The number of carbonyl (C=O) groups is 2. The van der Waals surface area contributed by atoms with Crippen LogP contribution in [0.4, 0.5) is 0 Å². The molecule has 98 valence electrons. The van der Waals surface area contributed by atoms with E-state index in [4.69, 9.17) is 5.73 Å². The van der Waals surface area contributed by atoms with E-state index in [0.29, 0.717) is 18.7 Å². The molecule has 1 heterocycles. The van der Waals surface area contributed by atoms with Crippen molar-refractivity contribution >= 4 is 11.8 Å². The van der Waals surface area contributed by atoms with E-state index in [1.54, 1.807) is 4.90 Å². The average molecular weight is 249 g/mol. The molecule has 0 unspecified atom stereocenters. The maximum Gasteiger partial charge on any atom is 0.272 e. The summed E-state index contributed by atoms with van der Waals surface area (Å²) < 4.78 is 0. The molecule has 0 fully saturated rings. The first-order chi connectivity index (χ1) is 8.60. The van der Waals surface area contributed by atoms with Gasteiger partial charge < -0.3 is 10.6 Å². The molecule has 5 nitrogen and oxygen atoms in total. The molecule has 1 aromatic rings. The monoisotopic (exact) mass is 249 g/mol. The zero-order chi connectivity index (χ0) is 13.5. The molecule has 0 saturated heterocycles. The van der Waals surface area contributed by atoms with Crippen molar-refractivity contribution in [3.8, 4) is 0 Å². The maximum atomic E-state index is 12.2. The molecular weight excluding hydrogens is 230 g/mol. The van der Waals surface area contributed by atoms with Crippen LogP contribution in [0.3, 0.4) is 0 Å². The van der Waals surface area contributed by atoms with E-state index in [-0.39, 0.29) is 11.6 Å². The second-order valence-electron chi connectivity index (χ2n) is 4.09. The van der Waals surface area contributed by atoms with Crippen LogP contribution in [0.25, 0.3) is 0 Å². The molecule has 0 atom stereocenters. The number of rotatable bonds is 6. The number of hydrogen-bond donors (Lipinski definition) is 1. The molecule has 0 spiro atoms. The summed E-state index contributed by atoms with van der Waals surface area (Å²) in [4.78, 5) is 29.0. The number of amides is 2. The van der Waals surface area contributed by atoms with Gasteiger partial charge in [0.25, 0.3) is 5.91 Å². The van der Waals surface area contributed by atoms with Gasteiger partial charge in [0.2, 0.25) is 5.91 Å². The van der Waals surface area contributed by atoms with Gasteiger partial charge in [-0.1, -0.05) is 13.8 Å². The standard InChI is InChI=1S/C13H19N3O2/c1-3-7-16(8-4-2)13(18)11-9-10(12(14)17)5-6-15-11/h5-6,9H,3-4,7-8H2,1-2H3,(H2,14,17). The Hall–Kier alpha value is -1.91. The Kier molecular flexibility index (Phi) is 5.30. The Morgan fingerprint density at radius 3 is 2.39 bits per heavy atom. The molecule has 0 aliphatic heterocycles. The van der Waals surface area contributed by atoms with Crippen molar-refractivity contribution in [1.82, 2.24) is 9.88 Å². The summed E-state index contributed by atoms with van der Waals surface area (Å²) in [6.07, 6.45) is 3.21. The fourth-order valence-corrected chi connectivity index (χ4v) is 1.72. The van der Waals surface area contributed by atoms with Gasteiger partial charge >= 0.3 is 0 Å². The van der Waals surface area contributed by atoms with Crippen LogP contribution in [0.2, 0.25) is 0 Å². The average Bonchev–Trinajstić information content (AvgIpc) is 2.38. The van der Waals surface area contributed by atoms with Crippen LogP contribution < -0.4 is 5.73 Å². The van der Waals surface area contributed by atoms with Gasteiger partial charge in [0.1, 0.15) is 5.69 Å². The topological polar surface area (TPSA) is 76.3 Å². The van der Waals surface area contributed by atoms with Crippen LogP contribution in [0.15, 0.2) is 18.3 Å². The SMILES string of the molecule is CCCN(CCC)C(=O)c1cc(C(N)=O)ccn1. The molecule has 0 aliphatic carbocycles. The lowest BCUT2D eigenvalue weighted by Gasteiger charge is -2.20. The quantitative estimate of drug-likeness (QED) is 0.828. The summed E-state index contributed by atoms with van der Waals surface area (Å²) in [6.45, 7) is 5.41. The number of primary amides is 1. The molecule has 0 radical (unpaired) electrons. The first-order valence-electron chi connectivity index (χ1n) is 6.15. The van der Waals surface area contributed by atoms with Crippen molar-refractivity contribution in [2.45, 2.75) is 26.7 Å². The Bertz CT molecular complexity index is 426. The first-order valence-corrected chi connectivity index (χ1v) is 6.15. The van der Waals surface area contributed by atoms with E-state index >= 15 is 0 Å². The van der Waals surface area contributed by atoms with Crippen molar-refractivity contribution < 1.29 is 9.59 Å². The number of nitrogens with zero attached hydrogens (tertiary/aromatic N) is 2. The summed E-state index contributed by atoms with van der Waals surface area (Å²) >= 11 is 0. The summed E-state index contributed by atoms with van der Waals surface area (Å²) in [7, 11) is 0. The van der Waals surface area contributed by atoms with Crippen molar-refractivity contribution in [2.24, 2.45) is 5.73 Å². The number of hydrogen-bond acceptors (Lipinski definition) is 3. The number of pyridine rings is 1. The lowest BCUT2D eigenvalue weighted by atomic mass is 10.2. The highest BCUT2D eigenvalue weighted by molar-refractivity contribution is 5.97. The zero-order valence-corrected chi connectivity index (χ0v) is 10.8. The minimum absolute atomic E-state index is 0.151. The molecule has 2 amide bonds. The van der Waals surface area contributed by atoms with E-state index in [1.165, 1.54) is 18.3 Å². The van der Waals surface area contributed by atoms with Crippen LogP contribution in [-0.2, 0) is 0 Å². The van der Waals surface area contributed by atoms with Gasteiger partial charge in [-0.3, -0.25) is 14.6 Å². The predicted octanol–water partition coefficient (Wildman–Crippen LogP) is 1.44. The van der Waals surface area contributed by atoms with Crippen LogP contribution in [0.1, 0.15) is 47.5 Å². The molecular formula is C13H19N3O2. The minimum Gasteiger partial charge on any atom is -0.366 e. The molecule has 1 rings (SSSR count). The van der Waals surface area contributed by atoms with Crippen LogP contribution >= 0.6 is 0 Å². The normalized spacial score (nSPS) is 10.1. The van der Waals surface area contributed by atoms with Crippen molar-refractivity contribution in [3.05, 3.63) is 29.6 Å². The molecule has 0 aliphatic rings. The third kappa shape index (κ3) is 3.55. The lowest BCUT2D eigenvalue weighted by Crippen LogP contribution is -2.33. The summed E-state index contributed by atoms with van der Waals surface area (Å²) in [5.41, 5.74) is 5.76. The van der Waals surface area contributed by atoms with Crippen molar-refractivity contribution in [2.75, 3.05) is 13.1 Å². The summed E-state index contributed by atoms with van der Waals surface area (Å²) in [6, 6.07) is 2.95. The molecule has 0 saturated carbocycles. The van der Waals surface area contributed by atoms with Crippen LogP contribution in [0.5, 0.6) is 0 Å². The second-order valence-corrected chi connectivity index (χ2v) is 4.09. The van der Waals surface area contributed by atoms with Crippen LogP contribution in [-0.4, -0.2) is 34.8 Å². The first kappa shape index (κ1) is 14.2. The van der Waals surface area contributed by atoms with E-state index in [1.807, 2.05) is 13.8 Å². The minimum atomic E-state index is -0.552. The summed E-state index contributed by atoms with van der Waals surface area (Å²) in [5.74, 6) is -0.703. The Balaban J connectivity index is 2.93.